The first-order chi connectivity index (χ1) is 11.6. The van der Waals surface area contributed by atoms with Crippen LogP contribution in [0.2, 0.25) is 0 Å². The van der Waals surface area contributed by atoms with Gasteiger partial charge in [-0.05, 0) is 6.42 Å². The maximum atomic E-state index is 11.7. The van der Waals surface area contributed by atoms with E-state index in [2.05, 4.69) is 24.9 Å². The number of esters is 1. The number of thiol groups is 1. The molecule has 0 aromatic carbocycles. The smallest absolute Gasteiger partial charge is 0.329 e. The molecule has 0 fully saturated rings. The van der Waals surface area contributed by atoms with Crippen molar-refractivity contribution in [1.82, 2.24) is 5.32 Å². The van der Waals surface area contributed by atoms with Gasteiger partial charge in [-0.2, -0.15) is 12.6 Å². The second kappa shape index (κ2) is 17.1. The van der Waals surface area contributed by atoms with Gasteiger partial charge in [0.15, 0.2) is 0 Å². The fraction of sp³-hybridized carbons (Fsp3) is 0.895. The van der Waals surface area contributed by atoms with Crippen molar-refractivity contribution in [2.75, 3.05) is 12.4 Å². The highest BCUT2D eigenvalue weighted by Gasteiger charge is 2.18. The number of hydrogen-bond acceptors (Lipinski definition) is 4. The molecule has 0 bridgehead atoms. The predicted molar refractivity (Wildman–Crippen MR) is 103 cm³/mol. The Balaban J connectivity index is 3.35. The highest BCUT2D eigenvalue weighted by atomic mass is 32.1. The van der Waals surface area contributed by atoms with Crippen LogP contribution in [0.25, 0.3) is 0 Å². The molecule has 0 radical (unpaired) electrons. The number of hydrogen-bond donors (Lipinski definition) is 2. The minimum Gasteiger partial charge on any atom is -0.464 e. The number of rotatable bonds is 16. The summed E-state index contributed by atoms with van der Waals surface area (Å²) in [5, 5.41) is 2.54. The summed E-state index contributed by atoms with van der Waals surface area (Å²) in [4.78, 5) is 22.7. The molecule has 0 saturated heterocycles. The zero-order valence-corrected chi connectivity index (χ0v) is 16.5. The van der Waals surface area contributed by atoms with Crippen LogP contribution in [0.5, 0.6) is 0 Å². The highest BCUT2D eigenvalue weighted by Crippen LogP contribution is 2.12. The Labute approximate surface area is 153 Å². The number of unbranched alkanes of at least 4 members (excludes halogenated alkanes) is 11. The van der Waals surface area contributed by atoms with E-state index in [1.807, 2.05) is 0 Å². The molecule has 1 unspecified atom stereocenters. The van der Waals surface area contributed by atoms with Crippen molar-refractivity contribution < 1.29 is 14.3 Å². The van der Waals surface area contributed by atoms with Crippen LogP contribution in [-0.2, 0) is 14.3 Å². The van der Waals surface area contributed by atoms with Crippen LogP contribution in [-0.4, -0.2) is 30.3 Å². The van der Waals surface area contributed by atoms with Gasteiger partial charge in [-0.3, -0.25) is 4.79 Å². The van der Waals surface area contributed by atoms with Crippen molar-refractivity contribution in [3.63, 3.8) is 0 Å². The summed E-state index contributed by atoms with van der Waals surface area (Å²) >= 11 is 4.06. The van der Waals surface area contributed by atoms with Crippen LogP contribution < -0.4 is 5.32 Å². The third-order valence-electron chi connectivity index (χ3n) is 4.09. The lowest BCUT2D eigenvalue weighted by Crippen LogP contribution is -2.42. The van der Waals surface area contributed by atoms with Crippen molar-refractivity contribution in [2.45, 2.75) is 96.9 Å². The normalized spacial score (nSPS) is 12.0. The molecule has 1 atom stereocenters. The molecule has 24 heavy (non-hydrogen) atoms. The highest BCUT2D eigenvalue weighted by molar-refractivity contribution is 7.80. The molecule has 0 aromatic heterocycles. The van der Waals surface area contributed by atoms with E-state index >= 15 is 0 Å². The summed E-state index contributed by atoms with van der Waals surface area (Å²) in [5.41, 5.74) is 0. The van der Waals surface area contributed by atoms with Crippen LogP contribution in [0.1, 0.15) is 90.9 Å². The number of nitrogens with one attached hydrogen (secondary N) is 1. The van der Waals surface area contributed by atoms with E-state index in [0.717, 1.165) is 12.8 Å². The lowest BCUT2D eigenvalue weighted by Gasteiger charge is -2.14. The van der Waals surface area contributed by atoms with Crippen molar-refractivity contribution in [1.29, 1.82) is 0 Å². The monoisotopic (exact) mass is 359 g/mol. The first kappa shape index (κ1) is 23.3. The van der Waals surface area contributed by atoms with E-state index in [9.17, 15) is 9.59 Å². The molecule has 0 aliphatic heterocycles. The van der Waals surface area contributed by atoms with E-state index in [1.165, 1.54) is 71.1 Å². The lowest BCUT2D eigenvalue weighted by molar-refractivity contribution is -0.147. The minimum absolute atomic E-state index is 0.239. The van der Waals surface area contributed by atoms with Crippen molar-refractivity contribution in [2.24, 2.45) is 0 Å². The van der Waals surface area contributed by atoms with Gasteiger partial charge in [0.25, 0.3) is 0 Å². The van der Waals surface area contributed by atoms with Gasteiger partial charge in [-0.1, -0.05) is 77.6 Å². The second-order valence-corrected chi connectivity index (χ2v) is 6.86. The molecular weight excluding hydrogens is 322 g/mol. The number of carbonyl (C=O) groups excluding carboxylic acids is 2. The largest absolute Gasteiger partial charge is 0.464 e. The molecule has 1 N–H and O–H groups in total. The van der Waals surface area contributed by atoms with Crippen LogP contribution in [0.4, 0.5) is 0 Å². The molecule has 0 aliphatic carbocycles. The third kappa shape index (κ3) is 14.9. The minimum atomic E-state index is -0.636. The zero-order chi connectivity index (χ0) is 18.0. The molecule has 0 heterocycles. The molecule has 0 rings (SSSR count). The van der Waals surface area contributed by atoms with Gasteiger partial charge < -0.3 is 10.1 Å². The fourth-order valence-electron chi connectivity index (χ4n) is 2.64. The first-order valence-electron chi connectivity index (χ1n) is 9.66. The van der Waals surface area contributed by atoms with E-state index in [0.29, 0.717) is 6.61 Å². The SMILES string of the molecule is CCCCCCCCCCCCCCOC(=O)C(CS)NC(C)=O. The molecule has 0 aromatic rings. The predicted octanol–water partition coefficient (Wildman–Crippen LogP) is 4.67. The maximum absolute atomic E-state index is 11.7. The molecule has 0 aliphatic rings. The van der Waals surface area contributed by atoms with Crippen LogP contribution >= 0.6 is 12.6 Å². The Bertz CT molecular complexity index is 324. The van der Waals surface area contributed by atoms with E-state index in [1.54, 1.807) is 0 Å². The third-order valence-corrected chi connectivity index (χ3v) is 4.45. The molecule has 0 saturated carbocycles. The number of ether oxygens (including phenoxy) is 1. The Morgan fingerprint density at radius 1 is 0.875 bits per heavy atom. The zero-order valence-electron chi connectivity index (χ0n) is 15.6. The average Bonchev–Trinajstić information content (AvgIpc) is 2.56. The molecule has 142 valence electrons. The van der Waals surface area contributed by atoms with Crippen molar-refractivity contribution >= 4 is 24.5 Å². The number of carbonyl (C=O) groups is 2. The van der Waals surface area contributed by atoms with Crippen molar-refractivity contribution in [3.05, 3.63) is 0 Å². The first-order valence-corrected chi connectivity index (χ1v) is 10.3. The van der Waals surface area contributed by atoms with E-state index in [-0.39, 0.29) is 17.6 Å². The molecule has 5 heteroatoms. The summed E-state index contributed by atoms with van der Waals surface area (Å²) in [6.45, 7) is 4.07. The van der Waals surface area contributed by atoms with Gasteiger partial charge in [0.05, 0.1) is 6.61 Å². The average molecular weight is 360 g/mol. The second-order valence-electron chi connectivity index (χ2n) is 6.49. The Kier molecular flexibility index (Phi) is 16.6. The van der Waals surface area contributed by atoms with Gasteiger partial charge in [0.2, 0.25) is 5.91 Å². The number of amides is 1. The topological polar surface area (TPSA) is 55.4 Å². The fourth-order valence-corrected chi connectivity index (χ4v) is 2.88. The summed E-state index contributed by atoms with van der Waals surface area (Å²) in [7, 11) is 0. The Morgan fingerprint density at radius 3 is 1.75 bits per heavy atom. The van der Waals surface area contributed by atoms with Gasteiger partial charge in [-0.15, -0.1) is 0 Å². The van der Waals surface area contributed by atoms with Gasteiger partial charge in [-0.25, -0.2) is 4.79 Å². The Hall–Kier alpha value is -0.710. The molecule has 4 nitrogen and oxygen atoms in total. The molecule has 1 amide bonds. The summed E-state index contributed by atoms with van der Waals surface area (Å²) in [5.74, 6) is -0.365. The van der Waals surface area contributed by atoms with Crippen LogP contribution in [0.15, 0.2) is 0 Å². The lowest BCUT2D eigenvalue weighted by atomic mass is 10.1. The van der Waals surface area contributed by atoms with E-state index in [4.69, 9.17) is 4.74 Å². The van der Waals surface area contributed by atoms with Gasteiger partial charge >= 0.3 is 5.97 Å². The molecule has 0 spiro atoms. The quantitative estimate of drug-likeness (QED) is 0.239. The Morgan fingerprint density at radius 2 is 1.33 bits per heavy atom. The maximum Gasteiger partial charge on any atom is 0.329 e. The van der Waals surface area contributed by atoms with Gasteiger partial charge in [0.1, 0.15) is 6.04 Å². The standard InChI is InChI=1S/C19H37NO3S/c1-3-4-5-6-7-8-9-10-11-12-13-14-15-23-19(22)18(16-24)20-17(2)21/h18,24H,3-16H2,1-2H3,(H,20,21). The van der Waals surface area contributed by atoms with Crippen LogP contribution in [0, 0.1) is 0 Å². The summed E-state index contributed by atoms with van der Waals surface area (Å²) < 4.78 is 5.19. The van der Waals surface area contributed by atoms with Gasteiger partial charge in [0, 0.05) is 12.7 Å². The van der Waals surface area contributed by atoms with E-state index < -0.39 is 6.04 Å². The molecular formula is C19H37NO3S. The van der Waals surface area contributed by atoms with Crippen LogP contribution in [0.3, 0.4) is 0 Å². The van der Waals surface area contributed by atoms with Crippen molar-refractivity contribution in [3.8, 4) is 0 Å². The summed E-state index contributed by atoms with van der Waals surface area (Å²) in [6.07, 6.45) is 15.4. The summed E-state index contributed by atoms with van der Waals surface area (Å²) in [6, 6.07) is -0.636.